The first kappa shape index (κ1) is 14.4. The van der Waals surface area contributed by atoms with Gasteiger partial charge in [0.05, 0.1) is 6.61 Å². The molecule has 1 atom stereocenters. The first-order valence-corrected chi connectivity index (χ1v) is 6.72. The molecule has 0 spiro atoms. The third-order valence-corrected chi connectivity index (χ3v) is 3.81. The molecule has 0 bridgehead atoms. The van der Waals surface area contributed by atoms with Crippen LogP contribution in [0.4, 0.5) is 0 Å². The molecule has 0 saturated carbocycles. The molecule has 16 heavy (non-hydrogen) atoms. The van der Waals surface area contributed by atoms with Crippen LogP contribution in [-0.4, -0.2) is 55.2 Å². The molecule has 2 aliphatic rings. The molecule has 2 N–H and O–H groups in total. The first-order chi connectivity index (χ1) is 7.36. The van der Waals surface area contributed by atoms with E-state index in [1.807, 2.05) is 11.8 Å². The quantitative estimate of drug-likeness (QED) is 0.455. The number of rotatable bonds is 2. The lowest BCUT2D eigenvalue weighted by Crippen LogP contribution is -2.42. The molecular formula is C10H20IN3OS. The van der Waals surface area contributed by atoms with Gasteiger partial charge in [-0.2, -0.15) is 11.8 Å². The Labute approximate surface area is 118 Å². The van der Waals surface area contributed by atoms with Crippen molar-refractivity contribution in [3.8, 4) is 0 Å². The highest BCUT2D eigenvalue weighted by Crippen LogP contribution is 2.13. The van der Waals surface area contributed by atoms with Crippen molar-refractivity contribution in [3.63, 3.8) is 0 Å². The number of aliphatic imine (C=N–C) groups is 1. The van der Waals surface area contributed by atoms with Crippen LogP contribution in [0.2, 0.25) is 0 Å². The smallest absolute Gasteiger partial charge is 0.191 e. The molecule has 1 unspecified atom stereocenters. The maximum Gasteiger partial charge on any atom is 0.191 e. The minimum absolute atomic E-state index is 0. The SMILES string of the molecule is I.NC(=NCC1CCOC1)N1CCSCC1. The van der Waals surface area contributed by atoms with Gasteiger partial charge in [0.2, 0.25) is 0 Å². The largest absolute Gasteiger partial charge is 0.381 e. The Hall–Kier alpha value is 0.310. The fraction of sp³-hybridized carbons (Fsp3) is 0.900. The van der Waals surface area contributed by atoms with Crippen LogP contribution in [0.15, 0.2) is 4.99 Å². The van der Waals surface area contributed by atoms with Gasteiger partial charge in [0.25, 0.3) is 0 Å². The Bertz CT molecular complexity index is 228. The Kier molecular flexibility index (Phi) is 6.83. The van der Waals surface area contributed by atoms with E-state index in [-0.39, 0.29) is 24.0 Å². The fourth-order valence-electron chi connectivity index (χ4n) is 1.84. The van der Waals surface area contributed by atoms with E-state index >= 15 is 0 Å². The molecule has 4 nitrogen and oxygen atoms in total. The third-order valence-electron chi connectivity index (χ3n) is 2.87. The van der Waals surface area contributed by atoms with Gasteiger partial charge in [-0.1, -0.05) is 0 Å². The van der Waals surface area contributed by atoms with Gasteiger partial charge < -0.3 is 15.4 Å². The molecule has 0 aliphatic carbocycles. The standard InChI is InChI=1S/C10H19N3OS.HI/c11-10(13-2-5-15-6-3-13)12-7-9-1-4-14-8-9;/h9H,1-8H2,(H2,11,12);1H. The number of hydrogen-bond acceptors (Lipinski definition) is 3. The van der Waals surface area contributed by atoms with E-state index in [1.165, 1.54) is 11.5 Å². The lowest BCUT2D eigenvalue weighted by molar-refractivity contribution is 0.187. The summed E-state index contributed by atoms with van der Waals surface area (Å²) in [6, 6.07) is 0. The van der Waals surface area contributed by atoms with Crippen LogP contribution in [0.1, 0.15) is 6.42 Å². The van der Waals surface area contributed by atoms with Gasteiger partial charge in [0.15, 0.2) is 5.96 Å². The summed E-state index contributed by atoms with van der Waals surface area (Å²) in [6.07, 6.45) is 1.13. The van der Waals surface area contributed by atoms with Gasteiger partial charge in [-0.25, -0.2) is 0 Å². The fourth-order valence-corrected chi connectivity index (χ4v) is 2.75. The normalized spacial score (nSPS) is 26.6. The second-order valence-corrected chi connectivity index (χ2v) is 5.25. The zero-order chi connectivity index (χ0) is 10.5. The van der Waals surface area contributed by atoms with Crippen molar-refractivity contribution in [3.05, 3.63) is 0 Å². The van der Waals surface area contributed by atoms with Gasteiger partial charge in [-0.15, -0.1) is 24.0 Å². The van der Waals surface area contributed by atoms with Gasteiger partial charge in [0.1, 0.15) is 0 Å². The highest BCUT2D eigenvalue weighted by atomic mass is 127. The van der Waals surface area contributed by atoms with E-state index in [4.69, 9.17) is 10.5 Å². The molecule has 2 rings (SSSR count). The average Bonchev–Trinajstić information content (AvgIpc) is 2.80. The predicted octanol–water partition coefficient (Wildman–Crippen LogP) is 1.00. The van der Waals surface area contributed by atoms with Crippen LogP contribution >= 0.6 is 35.7 Å². The van der Waals surface area contributed by atoms with E-state index in [1.54, 1.807) is 0 Å². The molecule has 0 aromatic heterocycles. The van der Waals surface area contributed by atoms with E-state index in [0.717, 1.165) is 45.2 Å². The summed E-state index contributed by atoms with van der Waals surface area (Å²) in [5.74, 6) is 3.65. The second kappa shape index (κ2) is 7.60. The average molecular weight is 357 g/mol. The number of thioether (sulfide) groups is 1. The maximum atomic E-state index is 5.95. The van der Waals surface area contributed by atoms with E-state index < -0.39 is 0 Å². The van der Waals surface area contributed by atoms with Gasteiger partial charge in [-0.05, 0) is 6.42 Å². The Morgan fingerprint density at radius 3 is 2.81 bits per heavy atom. The summed E-state index contributed by atoms with van der Waals surface area (Å²) in [5, 5.41) is 0. The summed E-state index contributed by atoms with van der Waals surface area (Å²) in [6.45, 7) is 4.66. The van der Waals surface area contributed by atoms with Gasteiger partial charge in [0, 0.05) is 43.7 Å². The second-order valence-electron chi connectivity index (χ2n) is 4.03. The maximum absolute atomic E-state index is 5.95. The van der Waals surface area contributed by atoms with Crippen LogP contribution in [0.25, 0.3) is 0 Å². The van der Waals surface area contributed by atoms with Crippen LogP contribution < -0.4 is 5.73 Å². The number of hydrogen-bond donors (Lipinski definition) is 1. The zero-order valence-corrected chi connectivity index (χ0v) is 12.6. The molecule has 2 fully saturated rings. The molecule has 0 radical (unpaired) electrons. The summed E-state index contributed by atoms with van der Waals surface area (Å²) >= 11 is 1.99. The monoisotopic (exact) mass is 357 g/mol. The molecule has 2 heterocycles. The van der Waals surface area contributed by atoms with Crippen LogP contribution in [0.3, 0.4) is 0 Å². The molecule has 0 aromatic rings. The Morgan fingerprint density at radius 2 is 2.19 bits per heavy atom. The predicted molar refractivity (Wildman–Crippen MR) is 79.7 cm³/mol. The highest BCUT2D eigenvalue weighted by molar-refractivity contribution is 14.0. The molecule has 2 saturated heterocycles. The summed E-state index contributed by atoms with van der Waals surface area (Å²) in [4.78, 5) is 6.65. The minimum Gasteiger partial charge on any atom is -0.381 e. The topological polar surface area (TPSA) is 50.9 Å². The molecule has 2 aliphatic heterocycles. The van der Waals surface area contributed by atoms with Crippen molar-refractivity contribution in [2.75, 3.05) is 44.4 Å². The van der Waals surface area contributed by atoms with Crippen molar-refractivity contribution < 1.29 is 4.74 Å². The molecular weight excluding hydrogens is 337 g/mol. The summed E-state index contributed by atoms with van der Waals surface area (Å²) in [7, 11) is 0. The van der Waals surface area contributed by atoms with Crippen LogP contribution in [0, 0.1) is 5.92 Å². The Balaban J connectivity index is 0.00000128. The highest BCUT2D eigenvalue weighted by Gasteiger charge is 2.16. The van der Waals surface area contributed by atoms with Crippen LogP contribution in [-0.2, 0) is 4.74 Å². The number of ether oxygens (including phenoxy) is 1. The van der Waals surface area contributed by atoms with Crippen molar-refractivity contribution in [1.29, 1.82) is 0 Å². The van der Waals surface area contributed by atoms with Crippen molar-refractivity contribution in [2.45, 2.75) is 6.42 Å². The number of nitrogens with two attached hydrogens (primary N) is 1. The summed E-state index contributed by atoms with van der Waals surface area (Å²) in [5.41, 5.74) is 5.95. The van der Waals surface area contributed by atoms with E-state index in [0.29, 0.717) is 5.92 Å². The number of nitrogens with zero attached hydrogens (tertiary/aromatic N) is 2. The number of halogens is 1. The van der Waals surface area contributed by atoms with Gasteiger partial charge >= 0.3 is 0 Å². The first-order valence-electron chi connectivity index (χ1n) is 5.56. The van der Waals surface area contributed by atoms with Crippen molar-refractivity contribution in [1.82, 2.24) is 4.90 Å². The molecule has 94 valence electrons. The van der Waals surface area contributed by atoms with E-state index in [9.17, 15) is 0 Å². The van der Waals surface area contributed by atoms with Crippen molar-refractivity contribution in [2.24, 2.45) is 16.6 Å². The molecule has 6 heteroatoms. The van der Waals surface area contributed by atoms with Gasteiger partial charge in [-0.3, -0.25) is 4.99 Å². The zero-order valence-electron chi connectivity index (χ0n) is 9.43. The molecule has 0 amide bonds. The lowest BCUT2D eigenvalue weighted by atomic mass is 10.1. The third kappa shape index (κ3) is 4.29. The van der Waals surface area contributed by atoms with Crippen molar-refractivity contribution >= 4 is 41.7 Å². The number of guanidine groups is 1. The molecule has 0 aromatic carbocycles. The van der Waals surface area contributed by atoms with Crippen LogP contribution in [0.5, 0.6) is 0 Å². The minimum atomic E-state index is 0. The Morgan fingerprint density at radius 1 is 1.44 bits per heavy atom. The summed E-state index contributed by atoms with van der Waals surface area (Å²) < 4.78 is 5.31. The van der Waals surface area contributed by atoms with E-state index in [2.05, 4.69) is 9.89 Å². The lowest BCUT2D eigenvalue weighted by Gasteiger charge is -2.27.